The van der Waals surface area contributed by atoms with E-state index in [9.17, 15) is 0 Å². The summed E-state index contributed by atoms with van der Waals surface area (Å²) >= 11 is 1.87. The van der Waals surface area contributed by atoms with Crippen LogP contribution in [0.25, 0.3) is 0 Å². The molecule has 4 nitrogen and oxygen atoms in total. The summed E-state index contributed by atoms with van der Waals surface area (Å²) < 4.78 is 0. The lowest BCUT2D eigenvalue weighted by Gasteiger charge is -2.20. The Labute approximate surface area is 139 Å². The van der Waals surface area contributed by atoms with Crippen LogP contribution in [0, 0.1) is 0 Å². The van der Waals surface area contributed by atoms with Crippen molar-refractivity contribution in [2.75, 3.05) is 26.2 Å². The van der Waals surface area contributed by atoms with Crippen molar-refractivity contribution in [2.45, 2.75) is 52.6 Å². The van der Waals surface area contributed by atoms with Crippen molar-refractivity contribution in [3.8, 4) is 0 Å². The van der Waals surface area contributed by atoms with Crippen molar-refractivity contribution in [1.29, 1.82) is 0 Å². The molecule has 1 saturated carbocycles. The van der Waals surface area contributed by atoms with Gasteiger partial charge >= 0.3 is 0 Å². The van der Waals surface area contributed by atoms with Crippen molar-refractivity contribution >= 4 is 17.3 Å². The van der Waals surface area contributed by atoms with E-state index in [2.05, 4.69) is 48.4 Å². The van der Waals surface area contributed by atoms with E-state index < -0.39 is 0 Å². The maximum Gasteiger partial charge on any atom is 0.191 e. The molecule has 5 heteroatoms. The number of hydrogen-bond acceptors (Lipinski definition) is 3. The molecule has 0 atom stereocenters. The van der Waals surface area contributed by atoms with E-state index in [1.54, 1.807) is 0 Å². The topological polar surface area (TPSA) is 39.7 Å². The lowest BCUT2D eigenvalue weighted by Crippen LogP contribution is -2.42. The van der Waals surface area contributed by atoms with Crippen LogP contribution in [-0.2, 0) is 13.0 Å². The van der Waals surface area contributed by atoms with Gasteiger partial charge in [-0.05, 0) is 44.9 Å². The van der Waals surface area contributed by atoms with Gasteiger partial charge in [0.05, 0.1) is 6.54 Å². The third-order valence-corrected chi connectivity index (χ3v) is 5.18. The van der Waals surface area contributed by atoms with E-state index in [0.29, 0.717) is 0 Å². The predicted molar refractivity (Wildman–Crippen MR) is 96.8 cm³/mol. The maximum absolute atomic E-state index is 4.70. The Balaban J connectivity index is 1.78. The highest BCUT2D eigenvalue weighted by Crippen LogP contribution is 2.25. The van der Waals surface area contributed by atoms with Crippen LogP contribution < -0.4 is 10.6 Å². The van der Waals surface area contributed by atoms with Crippen LogP contribution in [0.5, 0.6) is 0 Å². The van der Waals surface area contributed by atoms with E-state index in [0.717, 1.165) is 51.1 Å². The molecule has 0 unspecified atom stereocenters. The highest BCUT2D eigenvalue weighted by molar-refractivity contribution is 7.11. The van der Waals surface area contributed by atoms with Crippen LogP contribution in [0.3, 0.4) is 0 Å². The average molecular weight is 323 g/mol. The summed E-state index contributed by atoms with van der Waals surface area (Å²) in [6.07, 6.45) is 3.86. The highest BCUT2D eigenvalue weighted by Gasteiger charge is 2.27. The molecule has 2 rings (SSSR count). The van der Waals surface area contributed by atoms with Crippen molar-refractivity contribution in [3.05, 3.63) is 21.9 Å². The number of nitrogens with zero attached hydrogens (tertiary/aromatic N) is 2. The number of thiophene rings is 1. The number of rotatable bonds is 9. The zero-order chi connectivity index (χ0) is 15.8. The second-order valence-corrected chi connectivity index (χ2v) is 6.96. The molecule has 1 aliphatic carbocycles. The second kappa shape index (κ2) is 9.16. The smallest absolute Gasteiger partial charge is 0.191 e. The SMILES string of the molecule is CCNC(=NCc1ccc(CC)s1)NCCN(CC)C1CC1. The van der Waals surface area contributed by atoms with Gasteiger partial charge in [-0.1, -0.05) is 13.8 Å². The molecule has 22 heavy (non-hydrogen) atoms. The summed E-state index contributed by atoms with van der Waals surface area (Å²) in [5, 5.41) is 6.80. The molecule has 0 spiro atoms. The summed E-state index contributed by atoms with van der Waals surface area (Å²) in [6.45, 7) is 11.4. The van der Waals surface area contributed by atoms with Crippen molar-refractivity contribution in [3.63, 3.8) is 0 Å². The molecule has 0 amide bonds. The Morgan fingerprint density at radius 2 is 2.00 bits per heavy atom. The minimum atomic E-state index is 0.764. The fourth-order valence-electron chi connectivity index (χ4n) is 2.55. The Hall–Kier alpha value is -1.07. The van der Waals surface area contributed by atoms with Gasteiger partial charge in [-0.25, -0.2) is 4.99 Å². The monoisotopic (exact) mass is 322 g/mol. The number of nitrogens with one attached hydrogen (secondary N) is 2. The number of aryl methyl sites for hydroxylation is 1. The van der Waals surface area contributed by atoms with Gasteiger partial charge in [-0.15, -0.1) is 11.3 Å². The highest BCUT2D eigenvalue weighted by atomic mass is 32.1. The lowest BCUT2D eigenvalue weighted by molar-refractivity contribution is 0.282. The molecule has 0 aromatic carbocycles. The molecule has 0 bridgehead atoms. The lowest BCUT2D eigenvalue weighted by atomic mass is 10.4. The molecule has 2 N–H and O–H groups in total. The Kier molecular flexibility index (Phi) is 7.19. The Bertz CT molecular complexity index is 465. The fourth-order valence-corrected chi connectivity index (χ4v) is 3.43. The summed E-state index contributed by atoms with van der Waals surface area (Å²) in [4.78, 5) is 10.0. The van der Waals surface area contributed by atoms with Crippen molar-refractivity contribution in [2.24, 2.45) is 4.99 Å². The minimum Gasteiger partial charge on any atom is -0.357 e. The first-order chi connectivity index (χ1) is 10.8. The summed E-state index contributed by atoms with van der Waals surface area (Å²) in [5.74, 6) is 0.931. The van der Waals surface area contributed by atoms with E-state index in [-0.39, 0.29) is 0 Å². The normalized spacial score (nSPS) is 15.4. The Morgan fingerprint density at radius 1 is 1.23 bits per heavy atom. The van der Waals surface area contributed by atoms with Crippen LogP contribution in [0.2, 0.25) is 0 Å². The molecular formula is C17H30N4S. The van der Waals surface area contributed by atoms with Crippen LogP contribution in [0.4, 0.5) is 0 Å². The first kappa shape index (κ1) is 17.3. The minimum absolute atomic E-state index is 0.764. The summed E-state index contributed by atoms with van der Waals surface area (Å²) in [6, 6.07) is 5.25. The van der Waals surface area contributed by atoms with Gasteiger partial charge in [0.2, 0.25) is 0 Å². The van der Waals surface area contributed by atoms with E-state index >= 15 is 0 Å². The molecule has 0 aliphatic heterocycles. The number of aliphatic imine (C=N–C) groups is 1. The maximum atomic E-state index is 4.70. The van der Waals surface area contributed by atoms with Gasteiger partial charge in [0.15, 0.2) is 5.96 Å². The van der Waals surface area contributed by atoms with E-state index in [4.69, 9.17) is 4.99 Å². The molecule has 0 radical (unpaired) electrons. The van der Waals surface area contributed by atoms with Crippen LogP contribution in [-0.4, -0.2) is 43.1 Å². The van der Waals surface area contributed by atoms with Gasteiger partial charge in [0.1, 0.15) is 0 Å². The standard InChI is InChI=1S/C17H30N4S/c1-4-15-9-10-16(22-15)13-20-17(18-5-2)19-11-12-21(6-3)14-7-8-14/h9-10,14H,4-8,11-13H2,1-3H3,(H2,18,19,20). The third kappa shape index (κ3) is 5.61. The molecule has 1 aromatic rings. The summed E-state index contributed by atoms with van der Waals surface area (Å²) in [7, 11) is 0. The molecule has 1 fully saturated rings. The molecule has 1 heterocycles. The van der Waals surface area contributed by atoms with Gasteiger partial charge in [0.25, 0.3) is 0 Å². The fraction of sp³-hybridized carbons (Fsp3) is 0.706. The second-order valence-electron chi connectivity index (χ2n) is 5.70. The quantitative estimate of drug-likeness (QED) is 0.542. The molecule has 124 valence electrons. The number of likely N-dealkylation sites (N-methyl/N-ethyl adjacent to an activating group) is 1. The number of guanidine groups is 1. The Morgan fingerprint density at radius 3 is 2.59 bits per heavy atom. The van der Waals surface area contributed by atoms with Gasteiger partial charge in [0, 0.05) is 35.4 Å². The number of hydrogen-bond donors (Lipinski definition) is 2. The van der Waals surface area contributed by atoms with E-state index in [1.807, 2.05) is 11.3 Å². The van der Waals surface area contributed by atoms with Gasteiger partial charge in [-0.3, -0.25) is 4.90 Å². The molecule has 1 aromatic heterocycles. The molecule has 1 aliphatic rings. The van der Waals surface area contributed by atoms with Gasteiger partial charge in [-0.2, -0.15) is 0 Å². The predicted octanol–water partition coefficient (Wildman–Crippen LogP) is 2.85. The van der Waals surface area contributed by atoms with Crippen molar-refractivity contribution < 1.29 is 0 Å². The average Bonchev–Trinajstić information content (AvgIpc) is 3.27. The zero-order valence-corrected chi connectivity index (χ0v) is 15.0. The van der Waals surface area contributed by atoms with E-state index in [1.165, 1.54) is 22.6 Å². The molecular weight excluding hydrogens is 292 g/mol. The third-order valence-electron chi connectivity index (χ3n) is 3.96. The first-order valence-electron chi connectivity index (χ1n) is 8.60. The van der Waals surface area contributed by atoms with Crippen LogP contribution >= 0.6 is 11.3 Å². The van der Waals surface area contributed by atoms with Gasteiger partial charge < -0.3 is 10.6 Å². The molecule has 0 saturated heterocycles. The largest absolute Gasteiger partial charge is 0.357 e. The first-order valence-corrected chi connectivity index (χ1v) is 9.42. The van der Waals surface area contributed by atoms with Crippen molar-refractivity contribution in [1.82, 2.24) is 15.5 Å². The van der Waals surface area contributed by atoms with Crippen LogP contribution in [0.1, 0.15) is 43.4 Å². The zero-order valence-electron chi connectivity index (χ0n) is 14.2. The van der Waals surface area contributed by atoms with Crippen LogP contribution in [0.15, 0.2) is 17.1 Å². The summed E-state index contributed by atoms with van der Waals surface area (Å²) in [5.41, 5.74) is 0.